The molecule has 0 aliphatic carbocycles. The van der Waals surface area contributed by atoms with Crippen LogP contribution in [0.2, 0.25) is 5.02 Å². The lowest BCUT2D eigenvalue weighted by molar-refractivity contribution is -0.892. The Morgan fingerprint density at radius 3 is 2.79 bits per heavy atom. The molecule has 0 spiro atoms. The van der Waals surface area contributed by atoms with E-state index in [0.717, 1.165) is 36.9 Å². The smallest absolute Gasteiger partial charge is 0.275 e. The molecule has 24 heavy (non-hydrogen) atoms. The quantitative estimate of drug-likeness (QED) is 0.851. The van der Waals surface area contributed by atoms with Gasteiger partial charge in [-0.05, 0) is 36.6 Å². The molecule has 1 saturated heterocycles. The van der Waals surface area contributed by atoms with Gasteiger partial charge in [-0.1, -0.05) is 23.7 Å². The molecule has 1 amide bonds. The summed E-state index contributed by atoms with van der Waals surface area (Å²) in [7, 11) is 0. The van der Waals surface area contributed by atoms with E-state index >= 15 is 0 Å². The molecular weight excluding hydrogens is 342 g/mol. The molecule has 6 heteroatoms. The first-order valence-electron chi connectivity index (χ1n) is 8.28. The van der Waals surface area contributed by atoms with Crippen LogP contribution >= 0.6 is 22.9 Å². The van der Waals surface area contributed by atoms with Crippen molar-refractivity contribution < 1.29 is 9.69 Å². The fraction of sp³-hybridized carbons (Fsp3) is 0.389. The molecule has 0 saturated carbocycles. The van der Waals surface area contributed by atoms with Gasteiger partial charge in [-0.2, -0.15) is 0 Å². The first-order chi connectivity index (χ1) is 11.6. The van der Waals surface area contributed by atoms with Crippen molar-refractivity contribution in [3.8, 4) is 0 Å². The number of amides is 1. The fourth-order valence-electron chi connectivity index (χ4n) is 3.06. The van der Waals surface area contributed by atoms with E-state index in [4.69, 9.17) is 11.6 Å². The molecule has 1 atom stereocenters. The molecule has 3 rings (SSSR count). The van der Waals surface area contributed by atoms with Gasteiger partial charge in [-0.15, -0.1) is 11.3 Å². The second kappa shape index (κ2) is 8.01. The van der Waals surface area contributed by atoms with Gasteiger partial charge in [-0.25, -0.2) is 0 Å². The number of quaternary nitrogens is 1. The summed E-state index contributed by atoms with van der Waals surface area (Å²) in [6.45, 7) is 6.41. The van der Waals surface area contributed by atoms with Gasteiger partial charge in [0.2, 0.25) is 0 Å². The zero-order chi connectivity index (χ0) is 16.9. The van der Waals surface area contributed by atoms with E-state index in [2.05, 4.69) is 22.3 Å². The number of rotatable bonds is 5. The lowest BCUT2D eigenvalue weighted by Gasteiger charge is -2.33. The number of hydrogen-bond donors (Lipinski definition) is 2. The highest BCUT2D eigenvalue weighted by Crippen LogP contribution is 2.19. The molecule has 4 nitrogen and oxygen atoms in total. The Hall–Kier alpha value is -1.56. The maximum atomic E-state index is 12.3. The van der Waals surface area contributed by atoms with Gasteiger partial charge in [0, 0.05) is 15.6 Å². The Morgan fingerprint density at radius 1 is 1.33 bits per heavy atom. The summed E-state index contributed by atoms with van der Waals surface area (Å²) in [5.74, 6) is 0.127. The van der Waals surface area contributed by atoms with E-state index in [1.54, 1.807) is 11.3 Å². The summed E-state index contributed by atoms with van der Waals surface area (Å²) in [5.41, 5.74) is 1.16. The lowest BCUT2D eigenvalue weighted by atomic mass is 10.2. The van der Waals surface area contributed by atoms with Crippen molar-refractivity contribution in [2.75, 3.05) is 37.6 Å². The number of carbonyl (C=O) groups is 1. The molecule has 1 aliphatic heterocycles. The van der Waals surface area contributed by atoms with Gasteiger partial charge in [0.25, 0.3) is 5.91 Å². The number of hydrogen-bond acceptors (Lipinski definition) is 3. The maximum absolute atomic E-state index is 12.3. The Balaban J connectivity index is 1.46. The van der Waals surface area contributed by atoms with E-state index < -0.39 is 0 Å². The van der Waals surface area contributed by atoms with E-state index in [-0.39, 0.29) is 11.9 Å². The summed E-state index contributed by atoms with van der Waals surface area (Å²) in [6.07, 6.45) is 0. The predicted octanol–water partition coefficient (Wildman–Crippen LogP) is 1.98. The first-order valence-corrected chi connectivity index (χ1v) is 9.54. The van der Waals surface area contributed by atoms with Crippen molar-refractivity contribution in [1.82, 2.24) is 5.32 Å². The van der Waals surface area contributed by atoms with Crippen LogP contribution in [0, 0.1) is 0 Å². The number of anilines is 1. The molecule has 1 aliphatic rings. The number of halogens is 1. The molecule has 1 aromatic heterocycles. The van der Waals surface area contributed by atoms with Gasteiger partial charge in [-0.3, -0.25) is 4.79 Å². The number of carbonyl (C=O) groups excluding carboxylic acids is 1. The summed E-state index contributed by atoms with van der Waals surface area (Å²) < 4.78 is 0. The number of thiophene rings is 1. The third-order valence-electron chi connectivity index (χ3n) is 4.40. The van der Waals surface area contributed by atoms with E-state index in [1.165, 1.54) is 9.78 Å². The second-order valence-electron chi connectivity index (χ2n) is 6.20. The molecular formula is C18H23ClN3OS+. The van der Waals surface area contributed by atoms with Crippen LogP contribution in [0.25, 0.3) is 0 Å². The molecule has 128 valence electrons. The predicted molar refractivity (Wildman–Crippen MR) is 100 cm³/mol. The summed E-state index contributed by atoms with van der Waals surface area (Å²) in [6, 6.07) is 12.1. The van der Waals surface area contributed by atoms with Crippen LogP contribution in [0.1, 0.15) is 17.8 Å². The van der Waals surface area contributed by atoms with Crippen LogP contribution in [0.5, 0.6) is 0 Å². The Labute approximate surface area is 152 Å². The zero-order valence-corrected chi connectivity index (χ0v) is 15.4. The maximum Gasteiger partial charge on any atom is 0.275 e. The average Bonchev–Trinajstić information content (AvgIpc) is 3.10. The van der Waals surface area contributed by atoms with Gasteiger partial charge >= 0.3 is 0 Å². The first kappa shape index (κ1) is 17.3. The number of nitrogens with one attached hydrogen (secondary N) is 2. The zero-order valence-electron chi connectivity index (χ0n) is 13.8. The van der Waals surface area contributed by atoms with Crippen molar-refractivity contribution in [3.63, 3.8) is 0 Å². The van der Waals surface area contributed by atoms with Crippen molar-refractivity contribution in [1.29, 1.82) is 0 Å². The van der Waals surface area contributed by atoms with Gasteiger partial charge in [0.05, 0.1) is 32.2 Å². The van der Waals surface area contributed by atoms with E-state index in [9.17, 15) is 4.79 Å². The molecule has 0 radical (unpaired) electrons. The third-order valence-corrected chi connectivity index (χ3v) is 5.69. The largest absolute Gasteiger partial charge is 0.360 e. The standard InChI is InChI=1S/C18H22ClN3OS/c1-14(17-6-3-11-24-17)20-18(23)13-21-7-9-22(10-8-21)16-5-2-4-15(19)12-16/h2-6,11-12,14H,7-10,13H2,1H3,(H,20,23)/p+1/t14-/m1/s1. The van der Waals surface area contributed by atoms with E-state index in [0.29, 0.717) is 6.54 Å². The highest BCUT2D eigenvalue weighted by Gasteiger charge is 2.23. The average molecular weight is 365 g/mol. The Morgan fingerprint density at radius 2 is 2.12 bits per heavy atom. The van der Waals surface area contributed by atoms with Crippen LogP contribution < -0.4 is 15.1 Å². The molecule has 0 bridgehead atoms. The Bertz CT molecular complexity index is 669. The fourth-order valence-corrected chi connectivity index (χ4v) is 3.98. The van der Waals surface area contributed by atoms with Crippen molar-refractivity contribution >= 4 is 34.5 Å². The number of benzene rings is 1. The molecule has 1 fully saturated rings. The van der Waals surface area contributed by atoms with Crippen LogP contribution in [0.15, 0.2) is 41.8 Å². The SMILES string of the molecule is C[C@@H](NC(=O)C[NH+]1CCN(c2cccc(Cl)c2)CC1)c1cccs1. The van der Waals surface area contributed by atoms with Crippen molar-refractivity contribution in [2.45, 2.75) is 13.0 Å². The topological polar surface area (TPSA) is 36.8 Å². The molecule has 2 aromatic rings. The molecule has 1 aromatic carbocycles. The molecule has 0 unspecified atom stereocenters. The van der Waals surface area contributed by atoms with Crippen LogP contribution in [-0.4, -0.2) is 38.6 Å². The number of nitrogens with zero attached hydrogens (tertiary/aromatic N) is 1. The second-order valence-corrected chi connectivity index (χ2v) is 7.61. The summed E-state index contributed by atoms with van der Waals surface area (Å²) in [5, 5.41) is 5.91. The van der Waals surface area contributed by atoms with Crippen LogP contribution in [0.4, 0.5) is 5.69 Å². The monoisotopic (exact) mass is 364 g/mol. The van der Waals surface area contributed by atoms with E-state index in [1.807, 2.05) is 36.6 Å². The third kappa shape index (κ3) is 4.50. The minimum atomic E-state index is 0.0876. The number of piperazine rings is 1. The van der Waals surface area contributed by atoms with Crippen LogP contribution in [-0.2, 0) is 4.79 Å². The van der Waals surface area contributed by atoms with Crippen molar-refractivity contribution in [2.24, 2.45) is 0 Å². The van der Waals surface area contributed by atoms with Crippen molar-refractivity contribution in [3.05, 3.63) is 51.7 Å². The minimum absolute atomic E-state index is 0.0876. The van der Waals surface area contributed by atoms with Gasteiger partial charge in [0.15, 0.2) is 6.54 Å². The van der Waals surface area contributed by atoms with Crippen LogP contribution in [0.3, 0.4) is 0 Å². The summed E-state index contributed by atoms with van der Waals surface area (Å²) >= 11 is 7.75. The Kier molecular flexibility index (Phi) is 5.76. The normalized spacial score (nSPS) is 16.8. The van der Waals surface area contributed by atoms with Gasteiger partial charge in [0.1, 0.15) is 0 Å². The lowest BCUT2D eigenvalue weighted by Crippen LogP contribution is -3.15. The highest BCUT2D eigenvalue weighted by atomic mass is 35.5. The molecule has 2 heterocycles. The van der Waals surface area contributed by atoms with Gasteiger partial charge < -0.3 is 15.1 Å². The summed E-state index contributed by atoms with van der Waals surface area (Å²) in [4.78, 5) is 17.1. The highest BCUT2D eigenvalue weighted by molar-refractivity contribution is 7.10. The minimum Gasteiger partial charge on any atom is -0.360 e. The molecule has 2 N–H and O–H groups in total.